The third-order valence-electron chi connectivity index (χ3n) is 3.71. The van der Waals surface area contributed by atoms with Crippen LogP contribution in [0, 0.1) is 0 Å². The van der Waals surface area contributed by atoms with Gasteiger partial charge in [0.2, 0.25) is 0 Å². The normalized spacial score (nSPS) is 11.6. The summed E-state index contributed by atoms with van der Waals surface area (Å²) >= 11 is 0. The lowest BCUT2D eigenvalue weighted by molar-refractivity contribution is -0.671. The number of hydrogen-bond donors (Lipinski definition) is 1. The van der Waals surface area contributed by atoms with Crippen molar-refractivity contribution in [2.24, 2.45) is 17.3 Å². The molecule has 2 aromatic heterocycles. The number of hydrogen-bond acceptors (Lipinski definition) is 4. The van der Waals surface area contributed by atoms with E-state index in [9.17, 15) is 13.2 Å². The van der Waals surface area contributed by atoms with E-state index in [1.165, 1.54) is 29.1 Å². The van der Waals surface area contributed by atoms with Gasteiger partial charge in [0.1, 0.15) is 18.6 Å². The molecule has 0 atom stereocenters. The highest BCUT2D eigenvalue weighted by molar-refractivity contribution is 5.57. The fraction of sp³-hybridized carbons (Fsp3) is 0.176. The molecule has 142 valence electrons. The number of benzene rings is 1. The molecule has 0 spiro atoms. The van der Waals surface area contributed by atoms with Crippen molar-refractivity contribution in [1.82, 2.24) is 9.78 Å². The smallest absolute Gasteiger partial charge is 0.418 e. The topological polar surface area (TPSA) is 72.4 Å². The highest BCUT2D eigenvalue weighted by Crippen LogP contribution is 2.37. The third-order valence-corrected chi connectivity index (χ3v) is 3.71. The highest BCUT2D eigenvalue weighted by atomic mass is 35.5. The molecule has 0 unspecified atom stereocenters. The quantitative estimate of drug-likeness (QED) is 0.523. The van der Waals surface area contributed by atoms with E-state index in [1.54, 1.807) is 0 Å². The second-order valence-electron chi connectivity index (χ2n) is 5.66. The van der Waals surface area contributed by atoms with Crippen molar-refractivity contribution in [2.75, 3.05) is 5.73 Å². The molecule has 6 nitrogen and oxygen atoms in total. The molecular formula is C17H16ClF3N6. The molecule has 0 saturated carbocycles. The number of halogens is 4. The molecule has 0 amide bonds. The predicted molar refractivity (Wildman–Crippen MR) is 89.0 cm³/mol. The number of aryl methyl sites for hydroxylation is 1. The molecule has 0 saturated heterocycles. The van der Waals surface area contributed by atoms with Crippen molar-refractivity contribution in [3.8, 4) is 0 Å². The van der Waals surface area contributed by atoms with E-state index in [-0.39, 0.29) is 29.6 Å². The summed E-state index contributed by atoms with van der Waals surface area (Å²) in [5, 5.41) is 11.7. The Hall–Kier alpha value is -2.94. The van der Waals surface area contributed by atoms with Gasteiger partial charge in [-0.25, -0.2) is 9.25 Å². The molecule has 0 aliphatic heterocycles. The molecule has 0 radical (unpaired) electrons. The van der Waals surface area contributed by atoms with Gasteiger partial charge in [-0.05, 0) is 17.7 Å². The van der Waals surface area contributed by atoms with Crippen molar-refractivity contribution in [3.63, 3.8) is 0 Å². The number of anilines is 1. The maximum absolute atomic E-state index is 13.0. The summed E-state index contributed by atoms with van der Waals surface area (Å²) in [5.41, 5.74) is 6.05. The van der Waals surface area contributed by atoms with Crippen LogP contribution in [-0.2, 0) is 19.8 Å². The number of rotatable bonds is 4. The summed E-state index contributed by atoms with van der Waals surface area (Å²) < 4.78 is 42.4. The van der Waals surface area contributed by atoms with Crippen molar-refractivity contribution < 1.29 is 30.1 Å². The number of pyridine rings is 1. The van der Waals surface area contributed by atoms with Gasteiger partial charge in [-0.3, -0.25) is 0 Å². The van der Waals surface area contributed by atoms with E-state index in [4.69, 9.17) is 5.73 Å². The number of nitrogens with zero attached hydrogens (tertiary/aromatic N) is 5. The van der Waals surface area contributed by atoms with Crippen LogP contribution in [0.2, 0.25) is 0 Å². The zero-order chi connectivity index (χ0) is 18.7. The number of aromatic nitrogens is 3. The Morgan fingerprint density at radius 3 is 2.37 bits per heavy atom. The average Bonchev–Trinajstić information content (AvgIpc) is 2.94. The summed E-state index contributed by atoms with van der Waals surface area (Å²) in [7, 11) is 1.91. The Kier molecular flexibility index (Phi) is 6.17. The van der Waals surface area contributed by atoms with E-state index in [0.717, 1.165) is 11.6 Å². The molecule has 3 aromatic rings. The first-order chi connectivity index (χ1) is 12.3. The lowest BCUT2D eigenvalue weighted by Gasteiger charge is -2.08. The van der Waals surface area contributed by atoms with E-state index in [0.29, 0.717) is 6.54 Å². The molecule has 27 heavy (non-hydrogen) atoms. The van der Waals surface area contributed by atoms with Gasteiger partial charge < -0.3 is 18.1 Å². The highest BCUT2D eigenvalue weighted by Gasteiger charge is 2.33. The average molecular weight is 397 g/mol. The summed E-state index contributed by atoms with van der Waals surface area (Å²) in [6, 6.07) is 8.80. The maximum atomic E-state index is 13.0. The van der Waals surface area contributed by atoms with Crippen molar-refractivity contribution in [3.05, 3.63) is 66.1 Å². The van der Waals surface area contributed by atoms with Crippen LogP contribution in [0.15, 0.2) is 65.2 Å². The zero-order valence-corrected chi connectivity index (χ0v) is 15.0. The largest absolute Gasteiger partial charge is 1.00 e. The predicted octanol–water partition coefficient (Wildman–Crippen LogP) is 0.776. The zero-order valence-electron chi connectivity index (χ0n) is 14.2. The molecule has 10 heteroatoms. The van der Waals surface area contributed by atoms with Gasteiger partial charge in [-0.15, -0.1) is 10.2 Å². The molecule has 2 N–H and O–H groups in total. The Bertz CT molecular complexity index is 935. The Morgan fingerprint density at radius 1 is 1.07 bits per heavy atom. The van der Waals surface area contributed by atoms with Gasteiger partial charge in [-0.2, -0.15) is 18.3 Å². The van der Waals surface area contributed by atoms with Crippen molar-refractivity contribution >= 4 is 17.2 Å². The summed E-state index contributed by atoms with van der Waals surface area (Å²) in [5.74, 6) is 0.228. The lowest BCUT2D eigenvalue weighted by atomic mass is 10.2. The Balaban J connectivity index is 0.00000261. The number of nitrogens with two attached hydrogens (primary N) is 1. The second-order valence-corrected chi connectivity index (χ2v) is 5.66. The van der Waals surface area contributed by atoms with Crippen molar-refractivity contribution in [2.45, 2.75) is 12.7 Å². The van der Waals surface area contributed by atoms with E-state index < -0.39 is 11.7 Å². The van der Waals surface area contributed by atoms with Crippen LogP contribution in [0.3, 0.4) is 0 Å². The third kappa shape index (κ3) is 4.82. The Morgan fingerprint density at radius 2 is 1.70 bits per heavy atom. The first-order valence-electron chi connectivity index (χ1n) is 7.68. The summed E-state index contributed by atoms with van der Waals surface area (Å²) in [4.78, 5) is 0. The SMILES string of the molecule is C[n+]1ccc(Cn2ncc(/N=N/c3ccccc3C(F)(F)F)c2N)cc1.[Cl-]. The first-order valence-corrected chi connectivity index (χ1v) is 7.68. The van der Waals surface area contributed by atoms with Gasteiger partial charge in [-0.1, -0.05) is 12.1 Å². The second kappa shape index (κ2) is 8.17. The Labute approximate surface area is 159 Å². The molecule has 2 heterocycles. The van der Waals surface area contributed by atoms with E-state index in [1.807, 2.05) is 36.1 Å². The van der Waals surface area contributed by atoms with Crippen molar-refractivity contribution in [1.29, 1.82) is 0 Å². The van der Waals surface area contributed by atoms with Crippen LogP contribution >= 0.6 is 0 Å². The van der Waals surface area contributed by atoms with Gasteiger partial charge in [0.05, 0.1) is 24.0 Å². The van der Waals surface area contributed by atoms with Gasteiger partial charge in [0.25, 0.3) is 0 Å². The van der Waals surface area contributed by atoms with Crippen LogP contribution in [0.25, 0.3) is 0 Å². The van der Waals surface area contributed by atoms with Crippen LogP contribution in [0.4, 0.5) is 30.4 Å². The standard InChI is InChI=1S/C17H16F3N6.ClH/c1-25-8-6-12(7-9-25)11-26-16(21)15(10-22-26)24-23-14-5-3-2-4-13(14)17(18,19)20;/h2-10H,11,21H2,1H3;1H/q+1;/p-1/b24-23+;. The molecule has 1 aromatic carbocycles. The minimum absolute atomic E-state index is 0. The van der Waals surface area contributed by atoms with Gasteiger partial charge in [0, 0.05) is 12.1 Å². The maximum Gasteiger partial charge on any atom is 0.418 e. The van der Waals surface area contributed by atoms with Crippen LogP contribution < -0.4 is 22.7 Å². The lowest BCUT2D eigenvalue weighted by Crippen LogP contribution is -3.00. The molecule has 0 bridgehead atoms. The number of nitrogen functional groups attached to an aromatic ring is 1. The monoisotopic (exact) mass is 396 g/mol. The molecular weight excluding hydrogens is 381 g/mol. The molecule has 0 aliphatic carbocycles. The van der Waals surface area contributed by atoms with Gasteiger partial charge >= 0.3 is 6.18 Å². The van der Waals surface area contributed by atoms with Crippen LogP contribution in [-0.4, -0.2) is 9.78 Å². The van der Waals surface area contributed by atoms with Crippen LogP contribution in [0.5, 0.6) is 0 Å². The fourth-order valence-corrected chi connectivity index (χ4v) is 2.31. The minimum atomic E-state index is -4.51. The first kappa shape index (κ1) is 20.4. The molecule has 0 fully saturated rings. The summed E-state index contributed by atoms with van der Waals surface area (Å²) in [6.45, 7) is 0.418. The summed E-state index contributed by atoms with van der Waals surface area (Å²) in [6.07, 6.45) is 0.653. The number of alkyl halides is 3. The minimum Gasteiger partial charge on any atom is -1.00 e. The van der Waals surface area contributed by atoms with E-state index in [2.05, 4.69) is 15.3 Å². The molecule has 0 aliphatic rings. The molecule has 3 rings (SSSR count). The fourth-order valence-electron chi connectivity index (χ4n) is 2.31. The number of azo groups is 1. The van der Waals surface area contributed by atoms with Gasteiger partial charge in [0.15, 0.2) is 12.4 Å². The van der Waals surface area contributed by atoms with E-state index >= 15 is 0 Å². The van der Waals surface area contributed by atoms with Crippen LogP contribution in [0.1, 0.15) is 11.1 Å².